The zero-order valence-corrected chi connectivity index (χ0v) is 15.9. The van der Waals surface area contributed by atoms with Gasteiger partial charge in [-0.25, -0.2) is 0 Å². The van der Waals surface area contributed by atoms with E-state index in [0.717, 1.165) is 29.9 Å². The highest BCUT2D eigenvalue weighted by atomic mass is 35.5. The molecule has 4 aliphatic rings. The lowest BCUT2D eigenvalue weighted by Gasteiger charge is -2.34. The molecule has 0 aromatic heterocycles. The molecular weight excluding hydrogens is 340 g/mol. The van der Waals surface area contributed by atoms with Crippen LogP contribution in [0.4, 0.5) is 0 Å². The Kier molecular flexibility index (Phi) is 4.97. The van der Waals surface area contributed by atoms with Gasteiger partial charge in [0.15, 0.2) is 0 Å². The molecule has 7 unspecified atom stereocenters. The van der Waals surface area contributed by atoms with Crippen LogP contribution in [0.25, 0.3) is 0 Å². The summed E-state index contributed by atoms with van der Waals surface area (Å²) in [5, 5.41) is 3.84. The summed E-state index contributed by atoms with van der Waals surface area (Å²) < 4.78 is 0. The van der Waals surface area contributed by atoms with Crippen molar-refractivity contribution in [2.24, 2.45) is 34.6 Å². The fraction of sp³-hybridized carbons (Fsp3) is 0.789. The van der Waals surface area contributed by atoms with E-state index in [1.54, 1.807) is 17.8 Å². The Bertz CT molecular complexity index is 564. The summed E-state index contributed by atoms with van der Waals surface area (Å²) >= 11 is 7.74. The van der Waals surface area contributed by atoms with Crippen molar-refractivity contribution in [3.05, 3.63) is 12.2 Å². The van der Waals surface area contributed by atoms with Gasteiger partial charge in [-0.1, -0.05) is 24.6 Å². The van der Waals surface area contributed by atoms with Crippen LogP contribution in [0.1, 0.15) is 45.4 Å². The number of fused-ring (bicyclic) bond motifs is 2. The lowest BCUT2D eigenvalue weighted by atomic mass is 9.77. The third kappa shape index (κ3) is 3.29. The van der Waals surface area contributed by atoms with Gasteiger partial charge >= 0.3 is 0 Å². The number of dihydropyridines is 1. The molecule has 0 aromatic rings. The summed E-state index contributed by atoms with van der Waals surface area (Å²) in [7, 11) is 0. The van der Waals surface area contributed by atoms with E-state index in [1.807, 2.05) is 6.08 Å². The smallest absolute Gasteiger partial charge is 0.230 e. The highest BCUT2D eigenvalue weighted by Gasteiger charge is 2.46. The Labute approximate surface area is 154 Å². The molecule has 3 fully saturated rings. The summed E-state index contributed by atoms with van der Waals surface area (Å²) in [6.45, 7) is 2.10. The molecule has 3 saturated carbocycles. The van der Waals surface area contributed by atoms with Gasteiger partial charge in [-0.2, -0.15) is 0 Å². The molecule has 7 atom stereocenters. The van der Waals surface area contributed by atoms with Crippen LogP contribution in [-0.4, -0.2) is 28.2 Å². The van der Waals surface area contributed by atoms with Gasteiger partial charge in [-0.3, -0.25) is 9.79 Å². The molecule has 0 aromatic carbocycles. The Morgan fingerprint density at radius 3 is 2.88 bits per heavy atom. The predicted molar refractivity (Wildman–Crippen MR) is 101 cm³/mol. The van der Waals surface area contributed by atoms with E-state index in [9.17, 15) is 4.79 Å². The minimum Gasteiger partial charge on any atom is -0.352 e. The van der Waals surface area contributed by atoms with E-state index in [1.165, 1.54) is 32.1 Å². The van der Waals surface area contributed by atoms with Gasteiger partial charge in [0, 0.05) is 6.04 Å². The maximum Gasteiger partial charge on any atom is 0.230 e. The molecule has 1 amide bonds. The number of rotatable bonds is 4. The molecule has 3 bridgehead atoms. The second-order valence-corrected chi connectivity index (χ2v) is 9.75. The van der Waals surface area contributed by atoms with Crippen LogP contribution in [0, 0.1) is 29.6 Å². The second-order valence-electron chi connectivity index (χ2n) is 7.96. The highest BCUT2D eigenvalue weighted by molar-refractivity contribution is 7.99. The quantitative estimate of drug-likeness (QED) is 0.809. The third-order valence-corrected chi connectivity index (χ3v) is 7.86. The summed E-state index contributed by atoms with van der Waals surface area (Å²) in [4.78, 5) is 17.4. The molecule has 132 valence electrons. The molecule has 1 N–H and O–H groups in total. The lowest BCUT2D eigenvalue weighted by Crippen LogP contribution is -2.46. The Hall–Kier alpha value is -0.480. The van der Waals surface area contributed by atoms with E-state index in [0.29, 0.717) is 17.1 Å². The maximum absolute atomic E-state index is 12.9. The van der Waals surface area contributed by atoms with Gasteiger partial charge in [0.2, 0.25) is 5.91 Å². The van der Waals surface area contributed by atoms with E-state index in [-0.39, 0.29) is 17.2 Å². The first kappa shape index (κ1) is 17.0. The summed E-state index contributed by atoms with van der Waals surface area (Å²) in [6.07, 6.45) is 11.8. The van der Waals surface area contributed by atoms with Crippen LogP contribution in [0.2, 0.25) is 0 Å². The van der Waals surface area contributed by atoms with Crippen molar-refractivity contribution < 1.29 is 4.79 Å². The average Bonchev–Trinajstić information content (AvgIpc) is 2.78. The molecule has 0 spiro atoms. The molecule has 1 heterocycles. The number of thioether (sulfide) groups is 1. The fourth-order valence-electron chi connectivity index (χ4n) is 5.56. The normalized spacial score (nSPS) is 43.4. The monoisotopic (exact) mass is 366 g/mol. The van der Waals surface area contributed by atoms with Crippen LogP contribution in [0.5, 0.6) is 0 Å². The van der Waals surface area contributed by atoms with E-state index < -0.39 is 0 Å². The molecule has 1 aliphatic heterocycles. The van der Waals surface area contributed by atoms with Crippen LogP contribution in [0.15, 0.2) is 17.1 Å². The number of amides is 1. The van der Waals surface area contributed by atoms with Gasteiger partial charge in [-0.15, -0.1) is 11.8 Å². The second kappa shape index (κ2) is 7.03. The molecule has 3 aliphatic carbocycles. The first-order valence-corrected chi connectivity index (χ1v) is 10.9. The van der Waals surface area contributed by atoms with Crippen molar-refractivity contribution >= 4 is 34.4 Å². The zero-order chi connectivity index (χ0) is 16.7. The highest BCUT2D eigenvalue weighted by Crippen LogP contribution is 2.53. The molecule has 4 rings (SSSR count). The lowest BCUT2D eigenvalue weighted by molar-refractivity contribution is -0.124. The van der Waals surface area contributed by atoms with Gasteiger partial charge in [-0.05, 0) is 74.0 Å². The number of carbonyl (C=O) groups excluding carboxylic acids is 1. The average molecular weight is 367 g/mol. The van der Waals surface area contributed by atoms with Crippen molar-refractivity contribution in [2.45, 2.75) is 56.9 Å². The molecule has 5 heteroatoms. The van der Waals surface area contributed by atoms with Crippen molar-refractivity contribution in [1.29, 1.82) is 0 Å². The molecule has 0 saturated heterocycles. The fourth-order valence-corrected chi connectivity index (χ4v) is 6.75. The number of hydrogen-bond donors (Lipinski definition) is 1. The number of nitrogens with one attached hydrogen (secondary N) is 1. The first-order valence-electron chi connectivity index (χ1n) is 9.47. The number of allylic oxidation sites excluding steroid dienone is 1. The topological polar surface area (TPSA) is 41.5 Å². The SMILES string of the molecule is CCSC1N=C(Cl)C=CC1C(=O)NC1CCC2CC3CC2CC1C3. The molecule has 3 nitrogen and oxygen atoms in total. The van der Waals surface area contributed by atoms with E-state index in [4.69, 9.17) is 11.6 Å². The van der Waals surface area contributed by atoms with Crippen molar-refractivity contribution in [1.82, 2.24) is 5.32 Å². The molecule has 24 heavy (non-hydrogen) atoms. The molecule has 0 radical (unpaired) electrons. The minimum atomic E-state index is -0.186. The van der Waals surface area contributed by atoms with Crippen LogP contribution >= 0.6 is 23.4 Å². The van der Waals surface area contributed by atoms with Gasteiger partial charge in [0.05, 0.1) is 5.92 Å². The van der Waals surface area contributed by atoms with Crippen LogP contribution in [-0.2, 0) is 4.79 Å². The number of aliphatic imine (C=N–C) groups is 1. The summed E-state index contributed by atoms with van der Waals surface area (Å²) in [5.74, 6) is 4.40. The minimum absolute atomic E-state index is 0.0780. The Morgan fingerprint density at radius 2 is 2.04 bits per heavy atom. The third-order valence-electron chi connectivity index (χ3n) is 6.56. The standard InChI is InChI=1S/C19H27ClN2OS/c1-2-24-19-15(4-6-17(20)22-19)18(23)21-16-5-3-12-7-11-8-13(12)10-14(16)9-11/h4,6,11-16,19H,2-3,5,7-10H2,1H3,(H,21,23). The van der Waals surface area contributed by atoms with Gasteiger partial charge in [0.25, 0.3) is 0 Å². The predicted octanol–water partition coefficient (Wildman–Crippen LogP) is 4.22. The Balaban J connectivity index is 1.43. The van der Waals surface area contributed by atoms with Crippen molar-refractivity contribution in [2.75, 3.05) is 5.75 Å². The van der Waals surface area contributed by atoms with Crippen LogP contribution < -0.4 is 5.32 Å². The number of nitrogens with zero attached hydrogens (tertiary/aromatic N) is 1. The number of hydrogen-bond acceptors (Lipinski definition) is 3. The largest absolute Gasteiger partial charge is 0.352 e. The zero-order valence-electron chi connectivity index (χ0n) is 14.3. The number of carbonyl (C=O) groups is 1. The number of halogens is 1. The van der Waals surface area contributed by atoms with Crippen LogP contribution in [0.3, 0.4) is 0 Å². The first-order chi connectivity index (χ1) is 11.6. The van der Waals surface area contributed by atoms with Crippen molar-refractivity contribution in [3.8, 4) is 0 Å². The summed E-state index contributed by atoms with van der Waals surface area (Å²) in [5.41, 5.74) is 0. The summed E-state index contributed by atoms with van der Waals surface area (Å²) in [6, 6.07) is 0.371. The molecular formula is C19H27ClN2OS. The van der Waals surface area contributed by atoms with Crippen molar-refractivity contribution in [3.63, 3.8) is 0 Å². The van der Waals surface area contributed by atoms with Gasteiger partial charge < -0.3 is 5.32 Å². The van der Waals surface area contributed by atoms with E-state index in [2.05, 4.69) is 17.2 Å². The van der Waals surface area contributed by atoms with Gasteiger partial charge in [0.1, 0.15) is 10.5 Å². The van der Waals surface area contributed by atoms with E-state index >= 15 is 0 Å². The Morgan fingerprint density at radius 1 is 1.25 bits per heavy atom. The maximum atomic E-state index is 12.9.